The van der Waals surface area contributed by atoms with E-state index in [1.807, 2.05) is 29.3 Å². The number of piperidine rings is 1. The van der Waals surface area contributed by atoms with E-state index in [9.17, 15) is 4.79 Å². The van der Waals surface area contributed by atoms with Crippen molar-refractivity contribution in [2.24, 2.45) is 5.92 Å². The summed E-state index contributed by atoms with van der Waals surface area (Å²) in [5, 5.41) is 9.10. The highest BCUT2D eigenvalue weighted by Gasteiger charge is 2.33. The van der Waals surface area contributed by atoms with Gasteiger partial charge in [-0.15, -0.1) is 0 Å². The van der Waals surface area contributed by atoms with Crippen LogP contribution in [0.15, 0.2) is 49.3 Å². The maximum atomic E-state index is 11.8. The Balaban J connectivity index is 1.21. The first-order valence-corrected chi connectivity index (χ1v) is 13.3. The number of hydrogen-bond acceptors (Lipinski definition) is 5. The molecule has 8 heteroatoms. The van der Waals surface area contributed by atoms with Gasteiger partial charge < -0.3 is 20.5 Å². The van der Waals surface area contributed by atoms with E-state index in [1.165, 1.54) is 6.08 Å². The first-order valence-electron chi connectivity index (χ1n) is 13.0. The van der Waals surface area contributed by atoms with Crippen LogP contribution in [-0.4, -0.2) is 57.0 Å². The van der Waals surface area contributed by atoms with Gasteiger partial charge in [0.1, 0.15) is 0 Å². The van der Waals surface area contributed by atoms with Crippen molar-refractivity contribution in [1.82, 2.24) is 25.2 Å². The molecule has 0 bridgehead atoms. The van der Waals surface area contributed by atoms with Crippen molar-refractivity contribution in [3.05, 3.63) is 54.3 Å². The summed E-state index contributed by atoms with van der Waals surface area (Å²) in [7, 11) is 0. The number of nitrogens with one attached hydrogen (secondary N) is 3. The summed E-state index contributed by atoms with van der Waals surface area (Å²) in [4.78, 5) is 26.4. The Labute approximate surface area is 217 Å². The molecule has 1 aliphatic heterocycles. The van der Waals surface area contributed by atoms with Crippen molar-refractivity contribution in [2.75, 3.05) is 25.0 Å². The minimum Gasteiger partial charge on any atom is -0.360 e. The number of para-hydroxylation sites is 1. The van der Waals surface area contributed by atoms with Crippen molar-refractivity contribution in [2.45, 2.75) is 57.0 Å². The van der Waals surface area contributed by atoms with Crippen LogP contribution in [-0.2, 0) is 4.79 Å². The third-order valence-electron chi connectivity index (χ3n) is 7.82. The Bertz CT molecular complexity index is 1230. The van der Waals surface area contributed by atoms with Gasteiger partial charge in [0, 0.05) is 47.3 Å². The van der Waals surface area contributed by atoms with E-state index in [2.05, 4.69) is 40.2 Å². The minimum atomic E-state index is 0.0480. The van der Waals surface area contributed by atoms with Gasteiger partial charge in [-0.05, 0) is 70.1 Å². The van der Waals surface area contributed by atoms with Crippen LogP contribution < -0.4 is 10.6 Å². The highest BCUT2D eigenvalue weighted by molar-refractivity contribution is 6.33. The van der Waals surface area contributed by atoms with Crippen LogP contribution in [0.1, 0.15) is 45.4 Å². The van der Waals surface area contributed by atoms with Gasteiger partial charge in [0.2, 0.25) is 11.9 Å². The van der Waals surface area contributed by atoms with Crippen LogP contribution >= 0.6 is 11.6 Å². The number of anilines is 1. The quantitative estimate of drug-likeness (QED) is 0.373. The molecular weight excluding hydrogens is 472 g/mol. The van der Waals surface area contributed by atoms with Crippen LogP contribution in [0.25, 0.3) is 22.2 Å². The summed E-state index contributed by atoms with van der Waals surface area (Å²) in [6.45, 7) is 8.57. The van der Waals surface area contributed by atoms with E-state index in [-0.39, 0.29) is 11.4 Å². The second kappa shape index (κ2) is 10.6. The predicted octanol–water partition coefficient (Wildman–Crippen LogP) is 5.41. The SMILES string of the molecule is C=CC(=O)N1CCC(CN[C@@]2(C)CCC[C@@H](Nc3ncc(Cl)c(-c4c[nH]c5ccccc45)n3)C2)CC1. The minimum absolute atomic E-state index is 0.0480. The molecule has 3 N–H and O–H groups in total. The average Bonchev–Trinajstić information content (AvgIpc) is 3.33. The number of rotatable bonds is 7. The standard InChI is InChI=1S/C28H35ClN6O/c1-3-25(36)35-13-10-19(11-14-35)16-32-28(2)12-6-7-20(15-28)33-27-31-18-23(29)26(34-27)22-17-30-24-9-5-4-8-21(22)24/h3-5,8-9,17-20,30,32H,1,6-7,10-16H2,2H3,(H,31,33,34)/t20-,28+/m1/s1. The molecule has 3 heterocycles. The Hall–Kier alpha value is -2.90. The second-order valence-corrected chi connectivity index (χ2v) is 10.9. The number of carbonyl (C=O) groups excluding carboxylic acids is 1. The molecule has 1 aliphatic carbocycles. The van der Waals surface area contributed by atoms with Gasteiger partial charge in [0.25, 0.3) is 0 Å². The predicted molar refractivity (Wildman–Crippen MR) is 146 cm³/mol. The van der Waals surface area contributed by atoms with Gasteiger partial charge in [0.15, 0.2) is 0 Å². The van der Waals surface area contributed by atoms with Crippen LogP contribution in [0.5, 0.6) is 0 Å². The molecule has 1 saturated carbocycles. The number of aromatic nitrogens is 3. The van der Waals surface area contributed by atoms with Crippen LogP contribution in [0.2, 0.25) is 5.02 Å². The van der Waals surface area contributed by atoms with Crippen molar-refractivity contribution in [1.29, 1.82) is 0 Å². The lowest BCUT2D eigenvalue weighted by Crippen LogP contribution is -2.51. The van der Waals surface area contributed by atoms with E-state index in [4.69, 9.17) is 16.6 Å². The largest absolute Gasteiger partial charge is 0.360 e. The molecule has 7 nitrogen and oxygen atoms in total. The number of nitrogens with zero attached hydrogens (tertiary/aromatic N) is 3. The maximum Gasteiger partial charge on any atom is 0.245 e. The molecule has 0 unspecified atom stereocenters. The number of aromatic amines is 1. The molecule has 0 radical (unpaired) electrons. The van der Waals surface area contributed by atoms with Gasteiger partial charge >= 0.3 is 0 Å². The summed E-state index contributed by atoms with van der Waals surface area (Å²) < 4.78 is 0. The molecule has 2 atom stereocenters. The van der Waals surface area contributed by atoms with Gasteiger partial charge in [-0.3, -0.25) is 4.79 Å². The molecule has 1 saturated heterocycles. The average molecular weight is 507 g/mol. The summed E-state index contributed by atoms with van der Waals surface area (Å²) in [6, 6.07) is 8.45. The third-order valence-corrected chi connectivity index (χ3v) is 8.09. The van der Waals surface area contributed by atoms with Crippen molar-refractivity contribution in [3.8, 4) is 11.3 Å². The molecule has 190 valence electrons. The van der Waals surface area contributed by atoms with Crippen LogP contribution in [0.4, 0.5) is 5.95 Å². The Morgan fingerprint density at radius 3 is 2.92 bits per heavy atom. The molecule has 2 fully saturated rings. The summed E-state index contributed by atoms with van der Waals surface area (Å²) >= 11 is 6.52. The van der Waals surface area contributed by atoms with E-state index in [1.54, 1.807) is 6.20 Å². The van der Waals surface area contributed by atoms with E-state index >= 15 is 0 Å². The zero-order valence-electron chi connectivity index (χ0n) is 20.9. The van der Waals surface area contributed by atoms with Crippen molar-refractivity contribution in [3.63, 3.8) is 0 Å². The first-order chi connectivity index (χ1) is 17.4. The van der Waals surface area contributed by atoms with Gasteiger partial charge in [-0.1, -0.05) is 36.4 Å². The number of halogens is 1. The van der Waals surface area contributed by atoms with Gasteiger partial charge in [0.05, 0.1) is 16.9 Å². The smallest absolute Gasteiger partial charge is 0.245 e. The van der Waals surface area contributed by atoms with Crippen LogP contribution in [0, 0.1) is 5.92 Å². The third kappa shape index (κ3) is 5.42. The summed E-state index contributed by atoms with van der Waals surface area (Å²) in [5.74, 6) is 1.27. The topological polar surface area (TPSA) is 85.9 Å². The number of amides is 1. The number of likely N-dealkylation sites (tertiary alicyclic amines) is 1. The highest BCUT2D eigenvalue weighted by atomic mass is 35.5. The lowest BCUT2D eigenvalue weighted by molar-refractivity contribution is -0.127. The molecule has 1 amide bonds. The zero-order chi connectivity index (χ0) is 25.1. The Morgan fingerprint density at radius 1 is 1.31 bits per heavy atom. The highest BCUT2D eigenvalue weighted by Crippen LogP contribution is 2.34. The van der Waals surface area contributed by atoms with E-state index in [0.29, 0.717) is 22.9 Å². The zero-order valence-corrected chi connectivity index (χ0v) is 21.7. The second-order valence-electron chi connectivity index (χ2n) is 10.5. The molecule has 2 aliphatic rings. The number of fused-ring (bicyclic) bond motifs is 1. The summed E-state index contributed by atoms with van der Waals surface area (Å²) in [5.41, 5.74) is 2.85. The normalized spacial score (nSPS) is 23.1. The number of carbonyl (C=O) groups is 1. The molecule has 2 aromatic heterocycles. The van der Waals surface area contributed by atoms with Crippen LogP contribution in [0.3, 0.4) is 0 Å². The monoisotopic (exact) mass is 506 g/mol. The van der Waals surface area contributed by atoms with Crippen molar-refractivity contribution < 1.29 is 4.79 Å². The lowest BCUT2D eigenvalue weighted by atomic mass is 9.80. The maximum absolute atomic E-state index is 11.8. The number of hydrogen-bond donors (Lipinski definition) is 3. The molecule has 0 spiro atoms. The van der Waals surface area contributed by atoms with Gasteiger partial charge in [-0.2, -0.15) is 0 Å². The molecular formula is C28H35ClN6O. The van der Waals surface area contributed by atoms with Gasteiger partial charge in [-0.25, -0.2) is 9.97 Å². The Morgan fingerprint density at radius 2 is 2.11 bits per heavy atom. The summed E-state index contributed by atoms with van der Waals surface area (Å²) in [6.07, 6.45) is 11.6. The molecule has 5 rings (SSSR count). The van der Waals surface area contributed by atoms with Crippen molar-refractivity contribution >= 4 is 34.4 Å². The fourth-order valence-corrected chi connectivity index (χ4v) is 5.92. The van der Waals surface area contributed by atoms with E-state index in [0.717, 1.165) is 80.3 Å². The molecule has 3 aromatic rings. The fraction of sp³-hybridized carbons (Fsp3) is 0.464. The molecule has 1 aromatic carbocycles. The fourth-order valence-electron chi connectivity index (χ4n) is 5.72. The van der Waals surface area contributed by atoms with E-state index < -0.39 is 0 Å². The Kier molecular flexibility index (Phi) is 7.30. The molecule has 36 heavy (non-hydrogen) atoms. The number of benzene rings is 1. The lowest BCUT2D eigenvalue weighted by Gasteiger charge is -2.41. The first kappa shape index (κ1) is 24.8. The number of H-pyrrole nitrogens is 1.